The van der Waals surface area contributed by atoms with Crippen LogP contribution < -0.4 is 10.6 Å². The van der Waals surface area contributed by atoms with Crippen LogP contribution in [0, 0.1) is 12.7 Å². The summed E-state index contributed by atoms with van der Waals surface area (Å²) in [6, 6.07) is 4.80. The van der Waals surface area contributed by atoms with E-state index >= 15 is 0 Å². The molecule has 168 valence electrons. The van der Waals surface area contributed by atoms with E-state index in [0.717, 1.165) is 30.6 Å². The molecule has 1 aromatic carbocycles. The molecule has 1 fully saturated rings. The Morgan fingerprint density at radius 3 is 2.66 bits per heavy atom. The number of nitrogen functional groups attached to an aromatic ring is 1. The Labute approximate surface area is 184 Å². The van der Waals surface area contributed by atoms with Gasteiger partial charge in [0.1, 0.15) is 11.6 Å². The summed E-state index contributed by atoms with van der Waals surface area (Å²) in [4.78, 5) is 13.3. The van der Waals surface area contributed by atoms with E-state index in [-0.39, 0.29) is 11.8 Å². The molecule has 1 saturated heterocycles. The highest BCUT2D eigenvalue weighted by atomic mass is 19.1. The number of nitrogens with zero attached hydrogens (tertiary/aromatic N) is 8. The maximum Gasteiger partial charge on any atom is 0.225 e. The van der Waals surface area contributed by atoms with Gasteiger partial charge >= 0.3 is 0 Å². The highest BCUT2D eigenvalue weighted by Crippen LogP contribution is 2.25. The normalized spacial score (nSPS) is 16.3. The summed E-state index contributed by atoms with van der Waals surface area (Å²) in [6.07, 6.45) is 1.13. The molecular formula is C21H26FN9O. The van der Waals surface area contributed by atoms with E-state index < -0.39 is 6.10 Å². The van der Waals surface area contributed by atoms with Gasteiger partial charge in [-0.1, -0.05) is 6.07 Å². The van der Waals surface area contributed by atoms with Gasteiger partial charge in [0.15, 0.2) is 11.3 Å². The third kappa shape index (κ3) is 3.63. The SMILES string of the molecule is Cc1nc2c3cnn(CCN4CCN(c5cc([C@@H](C)O)ccc5F)CC4)c3nc(N)n2n1. The molecule has 0 aliphatic carbocycles. The van der Waals surface area contributed by atoms with Crippen molar-refractivity contribution in [1.82, 2.24) is 34.3 Å². The van der Waals surface area contributed by atoms with Crippen LogP contribution in [0.1, 0.15) is 24.4 Å². The van der Waals surface area contributed by atoms with Crippen LogP contribution in [0.25, 0.3) is 16.7 Å². The Balaban J connectivity index is 1.26. The third-order valence-electron chi connectivity index (χ3n) is 6.00. The molecule has 0 amide bonds. The largest absolute Gasteiger partial charge is 0.389 e. The monoisotopic (exact) mass is 439 g/mol. The standard InChI is InChI=1S/C21H26FN9O/c1-13(32)15-3-4-17(22)18(11-15)29-8-5-28(6-9-29)7-10-30-19-16(12-24-30)20-25-14(2)27-31(20)21(23)26-19/h3-4,11-13,32H,5-10H2,1-2H3,(H2,23,26)/t13-/m1/s1. The van der Waals surface area contributed by atoms with E-state index in [9.17, 15) is 9.50 Å². The van der Waals surface area contributed by atoms with Gasteiger partial charge < -0.3 is 15.7 Å². The Kier molecular flexibility index (Phi) is 5.14. The van der Waals surface area contributed by atoms with E-state index in [1.807, 2.05) is 16.5 Å². The van der Waals surface area contributed by atoms with Crippen LogP contribution in [-0.4, -0.2) is 72.1 Å². The van der Waals surface area contributed by atoms with Gasteiger partial charge in [-0.15, -0.1) is 5.10 Å². The Bertz CT molecular complexity index is 1270. The molecule has 5 rings (SSSR count). The van der Waals surface area contributed by atoms with Crippen molar-refractivity contribution in [1.29, 1.82) is 0 Å². The number of aliphatic hydroxyl groups is 1. The first-order chi connectivity index (χ1) is 15.4. The second kappa shape index (κ2) is 7.99. The van der Waals surface area contributed by atoms with Crippen molar-refractivity contribution in [3.05, 3.63) is 41.6 Å². The maximum absolute atomic E-state index is 14.4. The molecule has 32 heavy (non-hydrogen) atoms. The van der Waals surface area contributed by atoms with Crippen molar-refractivity contribution in [2.45, 2.75) is 26.5 Å². The van der Waals surface area contributed by atoms with Gasteiger partial charge in [-0.05, 0) is 31.5 Å². The van der Waals surface area contributed by atoms with Crippen LogP contribution in [0.3, 0.4) is 0 Å². The number of piperazine rings is 1. The quantitative estimate of drug-likeness (QED) is 0.480. The van der Waals surface area contributed by atoms with Crippen LogP contribution in [-0.2, 0) is 6.54 Å². The lowest BCUT2D eigenvalue weighted by molar-refractivity contribution is 0.199. The number of hydrogen-bond acceptors (Lipinski definition) is 8. The lowest BCUT2D eigenvalue weighted by Crippen LogP contribution is -2.47. The summed E-state index contributed by atoms with van der Waals surface area (Å²) in [7, 11) is 0. The molecule has 0 saturated carbocycles. The van der Waals surface area contributed by atoms with Crippen LogP contribution in [0.4, 0.5) is 16.0 Å². The van der Waals surface area contributed by atoms with E-state index in [2.05, 4.69) is 25.1 Å². The summed E-state index contributed by atoms with van der Waals surface area (Å²) in [5, 5.41) is 19.4. The molecule has 1 aliphatic heterocycles. The fraction of sp³-hybridized carbons (Fsp3) is 0.429. The van der Waals surface area contributed by atoms with Gasteiger partial charge in [0.25, 0.3) is 0 Å². The van der Waals surface area contributed by atoms with Crippen LogP contribution in [0.2, 0.25) is 0 Å². The molecule has 4 aromatic rings. The van der Waals surface area contributed by atoms with Crippen molar-refractivity contribution < 1.29 is 9.50 Å². The minimum Gasteiger partial charge on any atom is -0.389 e. The van der Waals surface area contributed by atoms with Crippen LogP contribution >= 0.6 is 0 Å². The number of aliphatic hydroxyl groups excluding tert-OH is 1. The summed E-state index contributed by atoms with van der Waals surface area (Å²) < 4.78 is 17.7. The molecule has 11 heteroatoms. The first-order valence-electron chi connectivity index (χ1n) is 10.7. The van der Waals surface area contributed by atoms with Crippen molar-refractivity contribution >= 4 is 28.3 Å². The zero-order valence-electron chi connectivity index (χ0n) is 18.1. The summed E-state index contributed by atoms with van der Waals surface area (Å²) in [5.41, 5.74) is 8.68. The number of halogens is 1. The second-order valence-electron chi connectivity index (χ2n) is 8.18. The van der Waals surface area contributed by atoms with Gasteiger partial charge in [-0.2, -0.15) is 14.6 Å². The number of fused-ring (bicyclic) bond motifs is 3. The minimum absolute atomic E-state index is 0.260. The summed E-state index contributed by atoms with van der Waals surface area (Å²) >= 11 is 0. The number of nitrogens with two attached hydrogens (primary N) is 1. The number of benzene rings is 1. The van der Waals surface area contributed by atoms with Gasteiger partial charge in [0.05, 0.1) is 29.9 Å². The highest BCUT2D eigenvalue weighted by molar-refractivity contribution is 5.89. The van der Waals surface area contributed by atoms with Gasteiger partial charge in [-0.3, -0.25) is 4.90 Å². The number of rotatable bonds is 5. The van der Waals surface area contributed by atoms with E-state index in [0.29, 0.717) is 42.4 Å². The Morgan fingerprint density at radius 2 is 1.91 bits per heavy atom. The Hall–Kier alpha value is -3.31. The molecular weight excluding hydrogens is 413 g/mol. The topological polar surface area (TPSA) is 114 Å². The number of anilines is 2. The molecule has 0 spiro atoms. The Morgan fingerprint density at radius 1 is 1.12 bits per heavy atom. The first kappa shape index (κ1) is 20.6. The number of hydrogen-bond donors (Lipinski definition) is 2. The van der Waals surface area contributed by atoms with Crippen LogP contribution in [0.5, 0.6) is 0 Å². The molecule has 0 unspecified atom stereocenters. The van der Waals surface area contributed by atoms with E-state index in [1.165, 1.54) is 10.6 Å². The predicted octanol–water partition coefficient (Wildman–Crippen LogP) is 1.38. The molecule has 4 heterocycles. The van der Waals surface area contributed by atoms with Crippen molar-refractivity contribution in [3.63, 3.8) is 0 Å². The molecule has 10 nitrogen and oxygen atoms in total. The molecule has 0 radical (unpaired) electrons. The highest BCUT2D eigenvalue weighted by Gasteiger charge is 2.21. The number of aryl methyl sites for hydroxylation is 1. The van der Waals surface area contributed by atoms with E-state index in [4.69, 9.17) is 5.73 Å². The van der Waals surface area contributed by atoms with Crippen molar-refractivity contribution in [2.75, 3.05) is 43.4 Å². The first-order valence-corrected chi connectivity index (χ1v) is 10.7. The second-order valence-corrected chi connectivity index (χ2v) is 8.18. The van der Waals surface area contributed by atoms with Gasteiger partial charge in [-0.25, -0.2) is 14.1 Å². The maximum atomic E-state index is 14.4. The van der Waals surface area contributed by atoms with Crippen molar-refractivity contribution in [3.8, 4) is 0 Å². The average molecular weight is 439 g/mol. The lowest BCUT2D eigenvalue weighted by atomic mass is 10.1. The van der Waals surface area contributed by atoms with Gasteiger partial charge in [0.2, 0.25) is 5.95 Å². The summed E-state index contributed by atoms with van der Waals surface area (Å²) in [5.74, 6) is 0.654. The molecule has 1 aliphatic rings. The zero-order valence-corrected chi connectivity index (χ0v) is 18.1. The summed E-state index contributed by atoms with van der Waals surface area (Å²) in [6.45, 7) is 7.99. The van der Waals surface area contributed by atoms with E-state index in [1.54, 1.807) is 25.3 Å². The average Bonchev–Trinajstić information content (AvgIpc) is 3.36. The molecule has 3 aromatic heterocycles. The zero-order chi connectivity index (χ0) is 22.4. The fourth-order valence-electron chi connectivity index (χ4n) is 4.20. The molecule has 3 N–H and O–H groups in total. The molecule has 1 atom stereocenters. The lowest BCUT2D eigenvalue weighted by Gasteiger charge is -2.36. The fourth-order valence-corrected chi connectivity index (χ4v) is 4.20. The third-order valence-corrected chi connectivity index (χ3v) is 6.00. The van der Waals surface area contributed by atoms with Crippen LogP contribution in [0.15, 0.2) is 24.4 Å². The number of aromatic nitrogens is 6. The minimum atomic E-state index is -0.620. The predicted molar refractivity (Wildman–Crippen MR) is 119 cm³/mol. The molecule has 0 bridgehead atoms. The smallest absolute Gasteiger partial charge is 0.225 e. The van der Waals surface area contributed by atoms with Crippen molar-refractivity contribution in [2.24, 2.45) is 0 Å². The van der Waals surface area contributed by atoms with Gasteiger partial charge in [0, 0.05) is 32.7 Å².